The predicted octanol–water partition coefficient (Wildman–Crippen LogP) is 0.901. The maximum atomic E-state index is 12.0. The molecule has 1 unspecified atom stereocenters. The Morgan fingerprint density at radius 2 is 1.81 bits per heavy atom. The number of hydrogen-bond acceptors (Lipinski definition) is 3. The van der Waals surface area contributed by atoms with Gasteiger partial charge in [-0.1, -0.05) is 20.8 Å². The lowest BCUT2D eigenvalue weighted by Crippen LogP contribution is -2.46. The molecule has 1 atom stereocenters. The van der Waals surface area contributed by atoms with Crippen molar-refractivity contribution in [1.82, 2.24) is 15.5 Å². The predicted molar refractivity (Wildman–Crippen MR) is 79.9 cm³/mol. The Bertz CT molecular complexity index is 377. The van der Waals surface area contributed by atoms with Crippen molar-refractivity contribution in [3.63, 3.8) is 0 Å². The second kappa shape index (κ2) is 8.49. The summed E-state index contributed by atoms with van der Waals surface area (Å²) in [5.41, 5.74) is -0.139. The maximum Gasteiger partial charge on any atom is 0.317 e. The molecule has 0 saturated heterocycles. The third-order valence-corrected chi connectivity index (χ3v) is 2.99. The fourth-order valence-corrected chi connectivity index (χ4v) is 1.89. The zero-order valence-electron chi connectivity index (χ0n) is 13.5. The van der Waals surface area contributed by atoms with Gasteiger partial charge in [0.2, 0.25) is 5.91 Å². The molecule has 0 aliphatic heterocycles. The van der Waals surface area contributed by atoms with Gasteiger partial charge >= 0.3 is 12.0 Å². The smallest absolute Gasteiger partial charge is 0.317 e. The van der Waals surface area contributed by atoms with Crippen LogP contribution in [0.5, 0.6) is 0 Å². The van der Waals surface area contributed by atoms with Crippen LogP contribution in [0.1, 0.15) is 34.1 Å². The molecule has 0 aromatic heterocycles. The van der Waals surface area contributed by atoms with Crippen molar-refractivity contribution >= 4 is 17.9 Å². The SMILES string of the molecule is CCN(CC(=O)NC)C(=O)NCC(CC(C)(C)C)C(=O)O. The highest BCUT2D eigenvalue weighted by Gasteiger charge is 2.25. The number of amides is 3. The molecule has 3 N–H and O–H groups in total. The summed E-state index contributed by atoms with van der Waals surface area (Å²) in [5.74, 6) is -1.84. The Morgan fingerprint density at radius 1 is 1.24 bits per heavy atom. The van der Waals surface area contributed by atoms with Crippen LogP contribution in [0.2, 0.25) is 0 Å². The molecule has 0 rings (SSSR count). The van der Waals surface area contributed by atoms with E-state index in [2.05, 4.69) is 10.6 Å². The number of carboxylic acids is 1. The van der Waals surface area contributed by atoms with Gasteiger partial charge in [-0.2, -0.15) is 0 Å². The number of carbonyl (C=O) groups excluding carboxylic acids is 2. The lowest BCUT2D eigenvalue weighted by Gasteiger charge is -2.25. The van der Waals surface area contributed by atoms with E-state index < -0.39 is 17.9 Å². The molecule has 0 fully saturated rings. The molecular weight excluding hydrogens is 274 g/mol. The van der Waals surface area contributed by atoms with E-state index in [1.54, 1.807) is 6.92 Å². The number of nitrogens with zero attached hydrogens (tertiary/aromatic N) is 1. The van der Waals surface area contributed by atoms with Crippen molar-refractivity contribution in [2.45, 2.75) is 34.1 Å². The summed E-state index contributed by atoms with van der Waals surface area (Å²) >= 11 is 0. The van der Waals surface area contributed by atoms with E-state index in [0.717, 1.165) is 0 Å². The molecular formula is C14H27N3O4. The number of hydrogen-bond donors (Lipinski definition) is 3. The topological polar surface area (TPSA) is 98.7 Å². The molecule has 3 amide bonds. The molecule has 0 aliphatic carbocycles. The summed E-state index contributed by atoms with van der Waals surface area (Å²) in [7, 11) is 1.50. The fourth-order valence-electron chi connectivity index (χ4n) is 1.89. The minimum atomic E-state index is -0.931. The molecule has 0 bridgehead atoms. The summed E-state index contributed by atoms with van der Waals surface area (Å²) in [5, 5.41) is 14.2. The maximum absolute atomic E-state index is 12.0. The molecule has 0 spiro atoms. The highest BCUT2D eigenvalue weighted by Crippen LogP contribution is 2.24. The number of nitrogens with one attached hydrogen (secondary N) is 2. The quantitative estimate of drug-likeness (QED) is 0.650. The first-order valence-electron chi connectivity index (χ1n) is 7.06. The van der Waals surface area contributed by atoms with E-state index >= 15 is 0 Å². The molecule has 0 aliphatic rings. The number of carboxylic acid groups (broad SMARTS) is 1. The molecule has 122 valence electrons. The van der Waals surface area contributed by atoms with E-state index in [1.165, 1.54) is 11.9 Å². The van der Waals surface area contributed by atoms with Gasteiger partial charge in [0.05, 0.1) is 5.92 Å². The number of likely N-dealkylation sites (N-methyl/N-ethyl adjacent to an activating group) is 2. The zero-order chi connectivity index (χ0) is 16.6. The van der Waals surface area contributed by atoms with Gasteiger partial charge in [0.1, 0.15) is 6.54 Å². The van der Waals surface area contributed by atoms with E-state index in [9.17, 15) is 19.5 Å². The van der Waals surface area contributed by atoms with Crippen LogP contribution in [-0.2, 0) is 9.59 Å². The first-order chi connectivity index (χ1) is 9.60. The number of carbonyl (C=O) groups is 3. The van der Waals surface area contributed by atoms with Gasteiger partial charge in [0.15, 0.2) is 0 Å². The molecule has 0 aromatic carbocycles. The molecule has 7 heteroatoms. The van der Waals surface area contributed by atoms with Gasteiger partial charge in [-0.05, 0) is 18.8 Å². The number of rotatable bonds is 7. The van der Waals surface area contributed by atoms with Crippen LogP contribution < -0.4 is 10.6 Å². The van der Waals surface area contributed by atoms with Gasteiger partial charge in [0, 0.05) is 20.1 Å². The Balaban J connectivity index is 4.53. The summed E-state index contributed by atoms with van der Waals surface area (Å²) in [6.45, 7) is 7.99. The van der Waals surface area contributed by atoms with Gasteiger partial charge in [0.25, 0.3) is 0 Å². The summed E-state index contributed by atoms with van der Waals surface area (Å²) < 4.78 is 0. The largest absolute Gasteiger partial charge is 0.481 e. The van der Waals surface area contributed by atoms with Crippen molar-refractivity contribution in [2.24, 2.45) is 11.3 Å². The lowest BCUT2D eigenvalue weighted by atomic mass is 9.84. The van der Waals surface area contributed by atoms with Crippen LogP contribution in [0.3, 0.4) is 0 Å². The molecule has 0 heterocycles. The van der Waals surface area contributed by atoms with Crippen LogP contribution >= 0.6 is 0 Å². The van der Waals surface area contributed by atoms with Crippen molar-refractivity contribution in [2.75, 3.05) is 26.7 Å². The van der Waals surface area contributed by atoms with Gasteiger partial charge in [-0.25, -0.2) is 4.79 Å². The van der Waals surface area contributed by atoms with Gasteiger partial charge in [-0.3, -0.25) is 9.59 Å². The Kier molecular flexibility index (Phi) is 7.76. The van der Waals surface area contributed by atoms with Crippen molar-refractivity contribution in [1.29, 1.82) is 0 Å². The van der Waals surface area contributed by atoms with Crippen LogP contribution in [0.25, 0.3) is 0 Å². The average molecular weight is 301 g/mol. The standard InChI is InChI=1S/C14H27N3O4/c1-6-17(9-11(18)15-5)13(21)16-8-10(12(19)20)7-14(2,3)4/h10H,6-9H2,1-5H3,(H,15,18)(H,16,21)(H,19,20). The summed E-state index contributed by atoms with van der Waals surface area (Å²) in [6.07, 6.45) is 0.462. The lowest BCUT2D eigenvalue weighted by molar-refractivity contribution is -0.142. The minimum absolute atomic E-state index is 0.0458. The fraction of sp³-hybridized carbons (Fsp3) is 0.786. The van der Waals surface area contributed by atoms with Crippen molar-refractivity contribution in [3.8, 4) is 0 Å². The first-order valence-corrected chi connectivity index (χ1v) is 7.06. The van der Waals surface area contributed by atoms with E-state index in [1.807, 2.05) is 20.8 Å². The molecule has 21 heavy (non-hydrogen) atoms. The summed E-state index contributed by atoms with van der Waals surface area (Å²) in [4.78, 5) is 35.8. The van der Waals surface area contributed by atoms with E-state index in [0.29, 0.717) is 13.0 Å². The minimum Gasteiger partial charge on any atom is -0.481 e. The Labute approximate surface area is 126 Å². The second-order valence-corrected chi connectivity index (χ2v) is 6.17. The molecule has 0 aromatic rings. The average Bonchev–Trinajstić information content (AvgIpc) is 2.38. The number of urea groups is 1. The van der Waals surface area contributed by atoms with E-state index in [4.69, 9.17) is 0 Å². The summed E-state index contributed by atoms with van der Waals surface area (Å²) in [6, 6.07) is -0.429. The van der Waals surface area contributed by atoms with Crippen LogP contribution in [0.15, 0.2) is 0 Å². The van der Waals surface area contributed by atoms with Gasteiger partial charge < -0.3 is 20.6 Å². The number of aliphatic carboxylic acids is 1. The molecule has 7 nitrogen and oxygen atoms in total. The third-order valence-electron chi connectivity index (χ3n) is 2.99. The second-order valence-electron chi connectivity index (χ2n) is 6.17. The van der Waals surface area contributed by atoms with Crippen LogP contribution in [-0.4, -0.2) is 54.6 Å². The Hall–Kier alpha value is -1.79. The van der Waals surface area contributed by atoms with Crippen molar-refractivity contribution < 1.29 is 19.5 Å². The van der Waals surface area contributed by atoms with Gasteiger partial charge in [-0.15, -0.1) is 0 Å². The monoisotopic (exact) mass is 301 g/mol. The highest BCUT2D eigenvalue weighted by atomic mass is 16.4. The normalized spacial score (nSPS) is 12.4. The zero-order valence-corrected chi connectivity index (χ0v) is 13.5. The van der Waals surface area contributed by atoms with E-state index in [-0.39, 0.29) is 24.4 Å². The molecule has 0 saturated carbocycles. The Morgan fingerprint density at radius 3 is 2.19 bits per heavy atom. The molecule has 0 radical (unpaired) electrons. The van der Waals surface area contributed by atoms with Crippen LogP contribution in [0, 0.1) is 11.3 Å². The van der Waals surface area contributed by atoms with Crippen molar-refractivity contribution in [3.05, 3.63) is 0 Å². The van der Waals surface area contributed by atoms with Crippen LogP contribution in [0.4, 0.5) is 4.79 Å². The highest BCUT2D eigenvalue weighted by molar-refractivity contribution is 5.84. The third kappa shape index (κ3) is 8.16. The first kappa shape index (κ1) is 19.2.